The minimum Gasteiger partial charge on any atom is -0.497 e. The Morgan fingerprint density at radius 1 is 1.09 bits per heavy atom. The quantitative estimate of drug-likeness (QED) is 0.192. The highest BCUT2D eigenvalue weighted by molar-refractivity contribution is 6.35. The summed E-state index contributed by atoms with van der Waals surface area (Å²) in [5.41, 5.74) is 3.28. The predicted octanol–water partition coefficient (Wildman–Crippen LogP) is 6.53. The number of nitriles is 1. The summed E-state index contributed by atoms with van der Waals surface area (Å²) in [6, 6.07) is 20.0. The van der Waals surface area contributed by atoms with Crippen molar-refractivity contribution in [3.63, 3.8) is 0 Å². The number of carbonyl (C=O) groups is 1. The summed E-state index contributed by atoms with van der Waals surface area (Å²) in [6.45, 7) is 4.37. The van der Waals surface area contributed by atoms with Crippen LogP contribution in [0.15, 0.2) is 78.9 Å². The van der Waals surface area contributed by atoms with Gasteiger partial charge in [0.2, 0.25) is 0 Å². The summed E-state index contributed by atoms with van der Waals surface area (Å²) in [5, 5.41) is 13.4. The maximum atomic E-state index is 12.6. The number of methoxy groups -OCH3 is 1. The SMILES string of the molecule is C=CCc1cc(/C=C(/C#N)C(=O)NCc2ccc(OC)cc2)ccc1OCc1ccc(Cl)cc1Cl. The molecule has 0 radical (unpaired) electrons. The molecule has 0 aliphatic heterocycles. The number of halogens is 2. The topological polar surface area (TPSA) is 71.4 Å². The number of nitrogens with one attached hydrogen (secondary N) is 1. The normalized spacial score (nSPS) is 10.9. The van der Waals surface area contributed by atoms with Gasteiger partial charge in [0.25, 0.3) is 5.91 Å². The van der Waals surface area contributed by atoms with E-state index in [2.05, 4.69) is 11.9 Å². The molecule has 7 heteroatoms. The van der Waals surface area contributed by atoms with Gasteiger partial charge in [-0.1, -0.05) is 53.5 Å². The number of benzene rings is 3. The molecule has 5 nitrogen and oxygen atoms in total. The van der Waals surface area contributed by atoms with Gasteiger partial charge in [-0.25, -0.2) is 0 Å². The van der Waals surface area contributed by atoms with E-state index in [-0.39, 0.29) is 12.2 Å². The molecule has 0 bridgehead atoms. The molecule has 0 fully saturated rings. The van der Waals surface area contributed by atoms with Crippen LogP contribution in [0, 0.1) is 11.3 Å². The van der Waals surface area contributed by atoms with Gasteiger partial charge in [-0.15, -0.1) is 6.58 Å². The van der Waals surface area contributed by atoms with E-state index in [1.807, 2.05) is 42.5 Å². The van der Waals surface area contributed by atoms with E-state index in [1.165, 1.54) is 0 Å². The first kappa shape index (κ1) is 25.9. The molecule has 3 aromatic rings. The van der Waals surface area contributed by atoms with Gasteiger partial charge >= 0.3 is 0 Å². The number of hydrogen-bond acceptors (Lipinski definition) is 4. The average molecular weight is 507 g/mol. The second-order valence-corrected chi connectivity index (χ2v) is 8.43. The van der Waals surface area contributed by atoms with Crippen molar-refractivity contribution in [2.75, 3.05) is 7.11 Å². The van der Waals surface area contributed by atoms with Crippen molar-refractivity contribution in [3.05, 3.63) is 111 Å². The minimum atomic E-state index is -0.453. The van der Waals surface area contributed by atoms with Gasteiger partial charge in [0, 0.05) is 22.2 Å². The van der Waals surface area contributed by atoms with Crippen LogP contribution in [-0.4, -0.2) is 13.0 Å². The van der Waals surface area contributed by atoms with Gasteiger partial charge in [-0.05, 0) is 65.6 Å². The Morgan fingerprint density at radius 2 is 1.86 bits per heavy atom. The smallest absolute Gasteiger partial charge is 0.262 e. The second-order valence-electron chi connectivity index (χ2n) is 7.58. The molecule has 3 aromatic carbocycles. The first-order valence-electron chi connectivity index (χ1n) is 10.8. The highest BCUT2D eigenvalue weighted by atomic mass is 35.5. The lowest BCUT2D eigenvalue weighted by Gasteiger charge is -2.13. The van der Waals surface area contributed by atoms with Crippen molar-refractivity contribution < 1.29 is 14.3 Å². The summed E-state index contributed by atoms with van der Waals surface area (Å²) in [7, 11) is 1.59. The highest BCUT2D eigenvalue weighted by Gasteiger charge is 2.11. The molecule has 0 saturated heterocycles. The first-order chi connectivity index (χ1) is 16.9. The Hall–Kier alpha value is -3.72. The number of ether oxygens (including phenoxy) is 2. The Kier molecular flexibility index (Phi) is 9.37. The van der Waals surface area contributed by atoms with Crippen LogP contribution in [0.5, 0.6) is 11.5 Å². The van der Waals surface area contributed by atoms with Crippen LogP contribution >= 0.6 is 23.2 Å². The van der Waals surface area contributed by atoms with Crippen LogP contribution in [0.1, 0.15) is 22.3 Å². The summed E-state index contributed by atoms with van der Waals surface area (Å²) in [5.74, 6) is 0.943. The molecular formula is C28H24Cl2N2O3. The number of amides is 1. The van der Waals surface area contributed by atoms with Crippen LogP contribution in [0.3, 0.4) is 0 Å². The third-order valence-corrected chi connectivity index (χ3v) is 5.72. The maximum absolute atomic E-state index is 12.6. The van der Waals surface area contributed by atoms with Crippen LogP contribution in [0.25, 0.3) is 6.08 Å². The van der Waals surface area contributed by atoms with Crippen molar-refractivity contribution in [2.45, 2.75) is 19.6 Å². The number of hydrogen-bond donors (Lipinski definition) is 1. The van der Waals surface area contributed by atoms with Crippen molar-refractivity contribution in [1.82, 2.24) is 5.32 Å². The molecule has 3 rings (SSSR count). The van der Waals surface area contributed by atoms with Crippen molar-refractivity contribution in [1.29, 1.82) is 5.26 Å². The molecule has 1 amide bonds. The fraction of sp³-hybridized carbons (Fsp3) is 0.143. The summed E-state index contributed by atoms with van der Waals surface area (Å²) < 4.78 is 11.1. The molecule has 1 N–H and O–H groups in total. The molecule has 178 valence electrons. The van der Waals surface area contributed by atoms with Crippen molar-refractivity contribution in [2.24, 2.45) is 0 Å². The number of carbonyl (C=O) groups excluding carboxylic acids is 1. The largest absolute Gasteiger partial charge is 0.497 e. The minimum absolute atomic E-state index is 0.00433. The molecule has 0 spiro atoms. The lowest BCUT2D eigenvalue weighted by molar-refractivity contribution is -0.117. The monoisotopic (exact) mass is 506 g/mol. The van der Waals surface area contributed by atoms with Crippen LogP contribution in [0.2, 0.25) is 10.0 Å². The lowest BCUT2D eigenvalue weighted by atomic mass is 10.0. The van der Waals surface area contributed by atoms with Gasteiger partial charge in [0.05, 0.1) is 7.11 Å². The summed E-state index contributed by atoms with van der Waals surface area (Å²) >= 11 is 12.2. The zero-order valence-corrected chi connectivity index (χ0v) is 20.7. The van der Waals surface area contributed by atoms with Crippen LogP contribution in [0.4, 0.5) is 0 Å². The Labute approximate surface area is 215 Å². The highest BCUT2D eigenvalue weighted by Crippen LogP contribution is 2.26. The molecule has 0 aromatic heterocycles. The molecule has 0 aliphatic rings. The van der Waals surface area contributed by atoms with E-state index >= 15 is 0 Å². The molecule has 35 heavy (non-hydrogen) atoms. The fourth-order valence-corrected chi connectivity index (χ4v) is 3.74. The summed E-state index contributed by atoms with van der Waals surface area (Å²) in [4.78, 5) is 12.6. The Balaban J connectivity index is 1.72. The standard InChI is InChI=1S/C28H24Cl2N2O3/c1-3-4-21-13-20(7-12-27(21)35-18-22-8-9-24(29)15-26(22)30)14-23(16-31)28(33)32-17-19-5-10-25(34-2)11-6-19/h3,5-15H,1,4,17-18H2,2H3,(H,32,33)/b23-14-. The van der Waals surface area contributed by atoms with Gasteiger partial charge < -0.3 is 14.8 Å². The molecule has 0 heterocycles. The van der Waals surface area contributed by atoms with E-state index in [9.17, 15) is 10.1 Å². The van der Waals surface area contributed by atoms with Gasteiger partial charge in [0.15, 0.2) is 0 Å². The third-order valence-electron chi connectivity index (χ3n) is 5.14. The summed E-state index contributed by atoms with van der Waals surface area (Å²) in [6.07, 6.45) is 3.87. The van der Waals surface area contributed by atoms with E-state index in [0.29, 0.717) is 34.3 Å². The average Bonchev–Trinajstić information content (AvgIpc) is 2.86. The molecular weight excluding hydrogens is 483 g/mol. The zero-order valence-electron chi connectivity index (χ0n) is 19.2. The predicted molar refractivity (Wildman–Crippen MR) is 140 cm³/mol. The molecule has 0 aliphatic carbocycles. The zero-order chi connectivity index (χ0) is 25.2. The van der Waals surface area contributed by atoms with Crippen molar-refractivity contribution >= 4 is 35.2 Å². The van der Waals surface area contributed by atoms with Crippen LogP contribution < -0.4 is 14.8 Å². The fourth-order valence-electron chi connectivity index (χ4n) is 3.28. The Morgan fingerprint density at radius 3 is 2.51 bits per heavy atom. The van der Waals surface area contributed by atoms with Crippen LogP contribution in [-0.2, 0) is 24.4 Å². The van der Waals surface area contributed by atoms with E-state index < -0.39 is 5.91 Å². The van der Waals surface area contributed by atoms with Crippen molar-refractivity contribution in [3.8, 4) is 17.6 Å². The Bertz CT molecular complexity index is 1280. The van der Waals surface area contributed by atoms with Gasteiger partial charge in [-0.2, -0.15) is 5.26 Å². The molecule has 0 atom stereocenters. The number of allylic oxidation sites excluding steroid dienone is 1. The molecule has 0 unspecified atom stereocenters. The van der Waals surface area contributed by atoms with Gasteiger partial charge in [-0.3, -0.25) is 4.79 Å². The van der Waals surface area contributed by atoms with E-state index in [4.69, 9.17) is 32.7 Å². The molecule has 0 saturated carbocycles. The first-order valence-corrected chi connectivity index (χ1v) is 11.5. The number of rotatable bonds is 10. The second kappa shape index (κ2) is 12.7. The van der Waals surface area contributed by atoms with E-state index in [1.54, 1.807) is 43.5 Å². The third kappa shape index (κ3) is 7.38. The lowest BCUT2D eigenvalue weighted by Crippen LogP contribution is -2.23. The number of nitrogens with zero attached hydrogens (tertiary/aromatic N) is 1. The maximum Gasteiger partial charge on any atom is 0.262 e. The van der Waals surface area contributed by atoms with E-state index in [0.717, 1.165) is 22.4 Å². The van der Waals surface area contributed by atoms with Gasteiger partial charge in [0.1, 0.15) is 29.7 Å².